The van der Waals surface area contributed by atoms with Crippen molar-refractivity contribution in [3.8, 4) is 0 Å². The zero-order chi connectivity index (χ0) is 20.6. The second-order valence-corrected chi connectivity index (χ2v) is 7.44. The predicted octanol–water partition coefficient (Wildman–Crippen LogP) is 4.67. The predicted molar refractivity (Wildman–Crippen MR) is 114 cm³/mol. The van der Waals surface area contributed by atoms with E-state index in [1.54, 1.807) is 24.3 Å². The van der Waals surface area contributed by atoms with E-state index < -0.39 is 0 Å². The molecule has 2 N–H and O–H groups in total. The van der Waals surface area contributed by atoms with Gasteiger partial charge < -0.3 is 15.1 Å². The van der Waals surface area contributed by atoms with Crippen LogP contribution in [-0.4, -0.2) is 18.4 Å². The fourth-order valence-corrected chi connectivity index (χ4v) is 3.31. The molecule has 1 heterocycles. The summed E-state index contributed by atoms with van der Waals surface area (Å²) in [5, 5.41) is 5.66. The first-order valence-corrected chi connectivity index (χ1v) is 10.1. The van der Waals surface area contributed by atoms with E-state index in [0.29, 0.717) is 17.9 Å². The van der Waals surface area contributed by atoms with Gasteiger partial charge in [-0.3, -0.25) is 9.59 Å². The Morgan fingerprint density at radius 3 is 2.69 bits per heavy atom. The number of allylic oxidation sites excluding steroid dienone is 1. The summed E-state index contributed by atoms with van der Waals surface area (Å²) in [5.74, 6) is -0.142. The summed E-state index contributed by atoms with van der Waals surface area (Å²) in [5.41, 5.74) is 4.22. The standard InChI is InChI=1S/C24H28N2O3/c1-17-10-11-20(15-18(17)2)23(27)26-22(16-21-9-6-14-29-21)24(28)25-13-12-19-7-4-3-5-8-19/h6-7,9-11,14-16H,3-5,8,12-13H2,1-2H3,(H,25,28)(H,26,27). The van der Waals surface area contributed by atoms with Crippen molar-refractivity contribution in [2.24, 2.45) is 0 Å². The van der Waals surface area contributed by atoms with Crippen molar-refractivity contribution in [1.82, 2.24) is 10.6 Å². The topological polar surface area (TPSA) is 71.3 Å². The van der Waals surface area contributed by atoms with Gasteiger partial charge in [0.2, 0.25) is 0 Å². The van der Waals surface area contributed by atoms with Gasteiger partial charge in [-0.15, -0.1) is 0 Å². The van der Waals surface area contributed by atoms with Crippen LogP contribution in [0.4, 0.5) is 0 Å². The zero-order valence-corrected chi connectivity index (χ0v) is 17.1. The Morgan fingerprint density at radius 2 is 2.00 bits per heavy atom. The molecule has 0 saturated carbocycles. The normalized spacial score (nSPS) is 14.3. The van der Waals surface area contributed by atoms with Crippen LogP contribution >= 0.6 is 0 Å². The number of hydrogen-bond acceptors (Lipinski definition) is 3. The van der Waals surface area contributed by atoms with E-state index in [2.05, 4.69) is 16.7 Å². The molecular formula is C24H28N2O3. The molecule has 1 aliphatic rings. The van der Waals surface area contributed by atoms with Crippen LogP contribution in [0.25, 0.3) is 6.08 Å². The monoisotopic (exact) mass is 392 g/mol. The smallest absolute Gasteiger partial charge is 0.267 e. The number of rotatable bonds is 7. The summed E-state index contributed by atoms with van der Waals surface area (Å²) in [6, 6.07) is 8.96. The number of hydrogen-bond donors (Lipinski definition) is 2. The zero-order valence-electron chi connectivity index (χ0n) is 17.1. The van der Waals surface area contributed by atoms with Crippen LogP contribution in [0.15, 0.2) is 58.4 Å². The van der Waals surface area contributed by atoms with Crippen molar-refractivity contribution in [2.45, 2.75) is 46.0 Å². The summed E-state index contributed by atoms with van der Waals surface area (Å²) >= 11 is 0. The van der Waals surface area contributed by atoms with Crippen molar-refractivity contribution in [3.63, 3.8) is 0 Å². The number of amides is 2. The van der Waals surface area contributed by atoms with Gasteiger partial charge in [0.15, 0.2) is 0 Å². The lowest BCUT2D eigenvalue weighted by Crippen LogP contribution is -2.35. The minimum Gasteiger partial charge on any atom is -0.465 e. The number of aryl methyl sites for hydroxylation is 2. The average molecular weight is 392 g/mol. The first-order valence-electron chi connectivity index (χ1n) is 10.1. The van der Waals surface area contributed by atoms with Crippen molar-refractivity contribution in [1.29, 1.82) is 0 Å². The molecule has 5 nitrogen and oxygen atoms in total. The van der Waals surface area contributed by atoms with Gasteiger partial charge in [0.1, 0.15) is 11.5 Å². The van der Waals surface area contributed by atoms with Crippen LogP contribution in [0.3, 0.4) is 0 Å². The Kier molecular flexibility index (Phi) is 7.06. The lowest BCUT2D eigenvalue weighted by Gasteiger charge is -2.14. The lowest BCUT2D eigenvalue weighted by molar-refractivity contribution is -0.117. The molecule has 0 fully saturated rings. The van der Waals surface area contributed by atoms with E-state index in [1.807, 2.05) is 26.0 Å². The molecule has 0 bridgehead atoms. The van der Waals surface area contributed by atoms with E-state index in [1.165, 1.54) is 24.7 Å². The minimum absolute atomic E-state index is 0.167. The Labute approximate surface area is 171 Å². The number of carbonyl (C=O) groups is 2. The maximum atomic E-state index is 12.7. The highest BCUT2D eigenvalue weighted by molar-refractivity contribution is 6.05. The fraction of sp³-hybridized carbons (Fsp3) is 0.333. The van der Waals surface area contributed by atoms with Crippen LogP contribution in [0.1, 0.15) is 59.3 Å². The van der Waals surface area contributed by atoms with Crippen LogP contribution in [0.2, 0.25) is 0 Å². The average Bonchev–Trinajstić information content (AvgIpc) is 3.23. The number of carbonyl (C=O) groups excluding carboxylic acids is 2. The molecule has 0 atom stereocenters. The van der Waals surface area contributed by atoms with Gasteiger partial charge in [-0.2, -0.15) is 0 Å². The van der Waals surface area contributed by atoms with Crippen molar-refractivity contribution < 1.29 is 14.0 Å². The van der Waals surface area contributed by atoms with E-state index in [9.17, 15) is 9.59 Å². The third kappa shape index (κ3) is 5.95. The summed E-state index contributed by atoms with van der Waals surface area (Å²) in [6.07, 6.45) is 10.9. The van der Waals surface area contributed by atoms with Crippen molar-refractivity contribution in [2.75, 3.05) is 6.54 Å². The van der Waals surface area contributed by atoms with Crippen molar-refractivity contribution in [3.05, 3.63) is 76.4 Å². The van der Waals surface area contributed by atoms with Crippen LogP contribution in [0.5, 0.6) is 0 Å². The van der Waals surface area contributed by atoms with E-state index in [0.717, 1.165) is 30.4 Å². The Morgan fingerprint density at radius 1 is 1.14 bits per heavy atom. The Hall–Kier alpha value is -3.08. The maximum Gasteiger partial charge on any atom is 0.267 e. The van der Waals surface area contributed by atoms with Gasteiger partial charge in [-0.1, -0.05) is 17.7 Å². The first kappa shape index (κ1) is 20.6. The van der Waals surface area contributed by atoms with Crippen LogP contribution in [0, 0.1) is 13.8 Å². The molecule has 1 aromatic carbocycles. The quantitative estimate of drug-likeness (QED) is 0.531. The SMILES string of the molecule is Cc1ccc(C(=O)NC(=Cc2ccco2)C(=O)NCCC2=CCCCC2)cc1C. The molecule has 29 heavy (non-hydrogen) atoms. The third-order valence-electron chi connectivity index (χ3n) is 5.21. The molecule has 1 aromatic heterocycles. The van der Waals surface area contributed by atoms with E-state index >= 15 is 0 Å². The van der Waals surface area contributed by atoms with Gasteiger partial charge in [-0.25, -0.2) is 0 Å². The fourth-order valence-electron chi connectivity index (χ4n) is 3.31. The molecule has 2 amide bonds. The molecule has 0 unspecified atom stereocenters. The molecule has 0 radical (unpaired) electrons. The van der Waals surface area contributed by atoms with Crippen LogP contribution in [-0.2, 0) is 4.79 Å². The van der Waals surface area contributed by atoms with Gasteiger partial charge >= 0.3 is 0 Å². The van der Waals surface area contributed by atoms with Gasteiger partial charge in [0, 0.05) is 18.2 Å². The number of furan rings is 1. The highest BCUT2D eigenvalue weighted by Gasteiger charge is 2.16. The van der Waals surface area contributed by atoms with Gasteiger partial charge in [0.25, 0.3) is 11.8 Å². The largest absolute Gasteiger partial charge is 0.465 e. The first-order chi connectivity index (χ1) is 14.0. The highest BCUT2D eigenvalue weighted by Crippen LogP contribution is 2.19. The van der Waals surface area contributed by atoms with E-state index in [-0.39, 0.29) is 17.5 Å². The molecule has 0 saturated heterocycles. The molecule has 1 aliphatic carbocycles. The lowest BCUT2D eigenvalue weighted by atomic mass is 9.97. The summed E-state index contributed by atoms with van der Waals surface area (Å²) < 4.78 is 5.32. The second-order valence-electron chi connectivity index (χ2n) is 7.44. The maximum absolute atomic E-state index is 12.7. The Balaban J connectivity index is 1.68. The molecular weight excluding hydrogens is 364 g/mol. The highest BCUT2D eigenvalue weighted by atomic mass is 16.3. The molecule has 2 aromatic rings. The third-order valence-corrected chi connectivity index (χ3v) is 5.21. The van der Waals surface area contributed by atoms with E-state index in [4.69, 9.17) is 4.42 Å². The summed E-state index contributed by atoms with van der Waals surface area (Å²) in [7, 11) is 0. The molecule has 152 valence electrons. The summed E-state index contributed by atoms with van der Waals surface area (Å²) in [6.45, 7) is 4.49. The Bertz CT molecular complexity index is 924. The van der Waals surface area contributed by atoms with Gasteiger partial charge in [0.05, 0.1) is 6.26 Å². The van der Waals surface area contributed by atoms with Crippen molar-refractivity contribution >= 4 is 17.9 Å². The van der Waals surface area contributed by atoms with Gasteiger partial charge in [-0.05, 0) is 81.3 Å². The second kappa shape index (κ2) is 9.92. The van der Waals surface area contributed by atoms with Crippen LogP contribution < -0.4 is 10.6 Å². The minimum atomic E-state index is -0.324. The summed E-state index contributed by atoms with van der Waals surface area (Å²) in [4.78, 5) is 25.4. The molecule has 0 aliphatic heterocycles. The number of nitrogens with one attached hydrogen (secondary N) is 2. The molecule has 5 heteroatoms. The molecule has 0 spiro atoms. The molecule has 3 rings (SSSR count). The number of benzene rings is 1.